The Kier molecular flexibility index (Phi) is 3.02. The lowest BCUT2D eigenvalue weighted by atomic mass is 9.96. The molecule has 1 fully saturated rings. The molecular weight excluding hydrogens is 198 g/mol. The van der Waals surface area contributed by atoms with E-state index < -0.39 is 0 Å². The van der Waals surface area contributed by atoms with Gasteiger partial charge in [0.1, 0.15) is 0 Å². The first kappa shape index (κ1) is 9.92. The van der Waals surface area contributed by atoms with Gasteiger partial charge in [-0.15, -0.1) is 9.24 Å². The first-order chi connectivity index (χ1) is 6.79. The van der Waals surface area contributed by atoms with Crippen LogP contribution in [0.4, 0.5) is 4.39 Å². The molecule has 1 unspecified atom stereocenters. The standard InChI is InChI=1S/C11H14FOP/c12-10-6-8(7-14)4-5-11(10)13-9-2-1-3-9/h4-6,9H,1-3,7,14H2. The SMILES string of the molecule is Fc1cc(CP)ccc1OC1CCC1. The predicted octanol–water partition coefficient (Wildman–Crippen LogP) is 3.13. The van der Waals surface area contributed by atoms with Gasteiger partial charge in [0.05, 0.1) is 6.10 Å². The Bertz CT molecular complexity index is 323. The van der Waals surface area contributed by atoms with Crippen molar-refractivity contribution in [3.63, 3.8) is 0 Å². The molecule has 1 aromatic rings. The first-order valence-corrected chi connectivity index (χ1v) is 5.76. The fraction of sp³-hybridized carbons (Fsp3) is 0.455. The molecule has 1 saturated carbocycles. The summed E-state index contributed by atoms with van der Waals surface area (Å²) in [6.07, 6.45) is 4.35. The monoisotopic (exact) mass is 212 g/mol. The molecule has 0 saturated heterocycles. The summed E-state index contributed by atoms with van der Waals surface area (Å²) in [6.45, 7) is 0. The summed E-state index contributed by atoms with van der Waals surface area (Å²) in [7, 11) is 2.58. The molecule has 1 aliphatic rings. The molecule has 1 aliphatic carbocycles. The van der Waals surface area contributed by atoms with Crippen molar-refractivity contribution in [3.05, 3.63) is 29.6 Å². The molecular formula is C11H14FOP. The van der Waals surface area contributed by atoms with Gasteiger partial charge < -0.3 is 4.74 Å². The minimum absolute atomic E-state index is 0.239. The van der Waals surface area contributed by atoms with Crippen molar-refractivity contribution in [2.24, 2.45) is 0 Å². The quantitative estimate of drug-likeness (QED) is 0.699. The van der Waals surface area contributed by atoms with Crippen LogP contribution in [0, 0.1) is 5.82 Å². The summed E-state index contributed by atoms with van der Waals surface area (Å²) in [6, 6.07) is 5.18. The van der Waals surface area contributed by atoms with Gasteiger partial charge in [-0.05, 0) is 43.1 Å². The average Bonchev–Trinajstić information content (AvgIpc) is 2.13. The Hall–Kier alpha value is -0.620. The molecule has 76 valence electrons. The Balaban J connectivity index is 2.09. The van der Waals surface area contributed by atoms with Crippen molar-refractivity contribution < 1.29 is 9.13 Å². The maximum Gasteiger partial charge on any atom is 0.165 e. The summed E-state index contributed by atoms with van der Waals surface area (Å²) in [4.78, 5) is 0. The maximum atomic E-state index is 13.4. The van der Waals surface area contributed by atoms with Crippen LogP contribution in [0.2, 0.25) is 0 Å². The number of ether oxygens (including phenoxy) is 1. The average molecular weight is 212 g/mol. The van der Waals surface area contributed by atoms with Crippen LogP contribution in [0.5, 0.6) is 5.75 Å². The lowest BCUT2D eigenvalue weighted by Gasteiger charge is -2.26. The van der Waals surface area contributed by atoms with Crippen LogP contribution in [-0.4, -0.2) is 6.10 Å². The van der Waals surface area contributed by atoms with Gasteiger partial charge in [0.15, 0.2) is 11.6 Å². The molecule has 14 heavy (non-hydrogen) atoms. The van der Waals surface area contributed by atoms with Crippen molar-refractivity contribution in [1.82, 2.24) is 0 Å². The third-order valence-electron chi connectivity index (χ3n) is 2.58. The van der Waals surface area contributed by atoms with E-state index in [1.54, 1.807) is 12.1 Å². The Labute approximate surface area is 85.9 Å². The minimum atomic E-state index is -0.239. The second kappa shape index (κ2) is 4.27. The fourth-order valence-corrected chi connectivity index (χ4v) is 1.69. The molecule has 0 N–H and O–H groups in total. The highest BCUT2D eigenvalue weighted by molar-refractivity contribution is 7.15. The maximum absolute atomic E-state index is 13.4. The van der Waals surface area contributed by atoms with E-state index >= 15 is 0 Å². The van der Waals surface area contributed by atoms with Crippen molar-refractivity contribution in [2.75, 3.05) is 0 Å². The minimum Gasteiger partial charge on any atom is -0.487 e. The topological polar surface area (TPSA) is 9.23 Å². The second-order valence-electron chi connectivity index (χ2n) is 3.64. The van der Waals surface area contributed by atoms with E-state index in [-0.39, 0.29) is 11.9 Å². The summed E-state index contributed by atoms with van der Waals surface area (Å²) >= 11 is 0. The van der Waals surface area contributed by atoms with Crippen LogP contribution >= 0.6 is 9.24 Å². The Morgan fingerprint density at radius 2 is 2.21 bits per heavy atom. The van der Waals surface area contributed by atoms with Crippen LogP contribution in [0.3, 0.4) is 0 Å². The van der Waals surface area contributed by atoms with Crippen LogP contribution < -0.4 is 4.74 Å². The molecule has 2 rings (SSSR count). The zero-order valence-electron chi connectivity index (χ0n) is 8.00. The van der Waals surface area contributed by atoms with Gasteiger partial charge in [-0.1, -0.05) is 6.07 Å². The number of hydrogen-bond donors (Lipinski definition) is 0. The normalized spacial score (nSPS) is 16.4. The highest BCUT2D eigenvalue weighted by atomic mass is 31.0. The Morgan fingerprint density at radius 3 is 2.71 bits per heavy atom. The predicted molar refractivity (Wildman–Crippen MR) is 58.1 cm³/mol. The number of benzene rings is 1. The first-order valence-electron chi connectivity index (χ1n) is 4.95. The third kappa shape index (κ3) is 2.06. The fourth-order valence-electron chi connectivity index (χ4n) is 1.44. The van der Waals surface area contributed by atoms with Gasteiger partial charge in [-0.3, -0.25) is 0 Å². The third-order valence-corrected chi connectivity index (χ3v) is 3.05. The highest BCUT2D eigenvalue weighted by Crippen LogP contribution is 2.27. The lowest BCUT2D eigenvalue weighted by Crippen LogP contribution is -2.24. The summed E-state index contributed by atoms with van der Waals surface area (Å²) in [5.74, 6) is 0.161. The summed E-state index contributed by atoms with van der Waals surface area (Å²) < 4.78 is 18.9. The van der Waals surface area contributed by atoms with E-state index in [4.69, 9.17) is 4.74 Å². The van der Waals surface area contributed by atoms with E-state index in [1.165, 1.54) is 6.42 Å². The number of halogens is 1. The van der Waals surface area contributed by atoms with Crippen molar-refractivity contribution >= 4 is 9.24 Å². The zero-order valence-corrected chi connectivity index (χ0v) is 9.16. The molecule has 0 aliphatic heterocycles. The molecule has 1 atom stereocenters. The largest absolute Gasteiger partial charge is 0.487 e. The van der Waals surface area contributed by atoms with Crippen molar-refractivity contribution in [1.29, 1.82) is 0 Å². The molecule has 0 aromatic heterocycles. The molecule has 0 bridgehead atoms. The van der Waals surface area contributed by atoms with Crippen molar-refractivity contribution in [3.8, 4) is 5.75 Å². The van der Waals surface area contributed by atoms with E-state index in [0.717, 1.165) is 24.6 Å². The van der Waals surface area contributed by atoms with E-state index in [0.29, 0.717) is 5.75 Å². The van der Waals surface area contributed by atoms with Crippen LogP contribution in [-0.2, 0) is 6.16 Å². The lowest BCUT2D eigenvalue weighted by molar-refractivity contribution is 0.115. The van der Waals surface area contributed by atoms with E-state index in [1.807, 2.05) is 6.07 Å². The molecule has 0 amide bonds. The molecule has 1 nitrogen and oxygen atoms in total. The molecule has 0 heterocycles. The molecule has 0 radical (unpaired) electrons. The van der Waals surface area contributed by atoms with E-state index in [2.05, 4.69) is 9.24 Å². The smallest absolute Gasteiger partial charge is 0.165 e. The van der Waals surface area contributed by atoms with Gasteiger partial charge in [0, 0.05) is 0 Å². The molecule has 1 aromatic carbocycles. The van der Waals surface area contributed by atoms with E-state index in [9.17, 15) is 4.39 Å². The summed E-state index contributed by atoms with van der Waals surface area (Å²) in [5, 5.41) is 0. The van der Waals surface area contributed by atoms with Gasteiger partial charge in [-0.2, -0.15) is 0 Å². The van der Waals surface area contributed by atoms with Gasteiger partial charge in [-0.25, -0.2) is 4.39 Å². The van der Waals surface area contributed by atoms with Crippen LogP contribution in [0.15, 0.2) is 18.2 Å². The van der Waals surface area contributed by atoms with Gasteiger partial charge >= 0.3 is 0 Å². The molecule has 0 spiro atoms. The van der Waals surface area contributed by atoms with Crippen LogP contribution in [0.1, 0.15) is 24.8 Å². The van der Waals surface area contributed by atoms with Gasteiger partial charge in [0.25, 0.3) is 0 Å². The second-order valence-corrected chi connectivity index (χ2v) is 4.05. The van der Waals surface area contributed by atoms with Crippen molar-refractivity contribution in [2.45, 2.75) is 31.5 Å². The Morgan fingerprint density at radius 1 is 1.43 bits per heavy atom. The zero-order chi connectivity index (χ0) is 9.97. The number of rotatable bonds is 3. The van der Waals surface area contributed by atoms with Crippen LogP contribution in [0.25, 0.3) is 0 Å². The summed E-state index contributed by atoms with van der Waals surface area (Å²) in [5.41, 5.74) is 0.980. The number of hydrogen-bond acceptors (Lipinski definition) is 1. The molecule has 3 heteroatoms. The highest BCUT2D eigenvalue weighted by Gasteiger charge is 2.20. The van der Waals surface area contributed by atoms with Gasteiger partial charge in [0.2, 0.25) is 0 Å².